The molecule has 1 saturated heterocycles. The minimum absolute atomic E-state index is 0.0883. The fourth-order valence-electron chi connectivity index (χ4n) is 4.02. The second-order valence-corrected chi connectivity index (χ2v) is 11.6. The van der Waals surface area contributed by atoms with Crippen molar-refractivity contribution in [1.29, 1.82) is 0 Å². The lowest BCUT2D eigenvalue weighted by Crippen LogP contribution is -2.28. The summed E-state index contributed by atoms with van der Waals surface area (Å²) in [7, 11) is 0. The van der Waals surface area contributed by atoms with Crippen LogP contribution in [0.3, 0.4) is 0 Å². The number of hydrogen-bond donors (Lipinski definition) is 0. The number of hydrogen-bond acceptors (Lipinski definition) is 4. The van der Waals surface area contributed by atoms with Crippen LogP contribution in [0.5, 0.6) is 5.75 Å². The van der Waals surface area contributed by atoms with Gasteiger partial charge < -0.3 is 4.74 Å². The van der Waals surface area contributed by atoms with E-state index in [-0.39, 0.29) is 11.7 Å². The van der Waals surface area contributed by atoms with Gasteiger partial charge in [-0.2, -0.15) is 0 Å². The highest BCUT2D eigenvalue weighted by atomic mass is 127. The van der Waals surface area contributed by atoms with Gasteiger partial charge in [-0.25, -0.2) is 9.38 Å². The van der Waals surface area contributed by atoms with Gasteiger partial charge in [0.15, 0.2) is 5.17 Å². The molecular formula is C29H21FI2N2O2S. The van der Waals surface area contributed by atoms with E-state index in [9.17, 15) is 9.18 Å². The van der Waals surface area contributed by atoms with Crippen molar-refractivity contribution < 1.29 is 13.9 Å². The Kier molecular flexibility index (Phi) is 8.15. The van der Waals surface area contributed by atoms with Gasteiger partial charge in [0.2, 0.25) is 0 Å². The van der Waals surface area contributed by atoms with Gasteiger partial charge in [0.05, 0.1) is 17.7 Å². The van der Waals surface area contributed by atoms with Gasteiger partial charge in [0.1, 0.15) is 18.2 Å². The topological polar surface area (TPSA) is 41.9 Å². The van der Waals surface area contributed by atoms with Crippen molar-refractivity contribution in [2.45, 2.75) is 13.5 Å². The second-order valence-electron chi connectivity index (χ2n) is 8.27. The molecule has 186 valence electrons. The number of carbonyl (C=O) groups excluding carboxylic acids is 1. The lowest BCUT2D eigenvalue weighted by atomic mass is 10.1. The molecule has 8 heteroatoms. The molecule has 37 heavy (non-hydrogen) atoms. The van der Waals surface area contributed by atoms with Crippen LogP contribution < -0.4 is 4.74 Å². The van der Waals surface area contributed by atoms with Crippen LogP contribution in [0.1, 0.15) is 18.1 Å². The fourth-order valence-corrected chi connectivity index (χ4v) is 7.21. The van der Waals surface area contributed by atoms with Crippen molar-refractivity contribution in [2.24, 2.45) is 4.99 Å². The number of aliphatic imine (C=N–C) groups is 1. The summed E-state index contributed by atoms with van der Waals surface area (Å²) in [5, 5.41) is 2.97. The van der Waals surface area contributed by atoms with Crippen LogP contribution in [-0.2, 0) is 11.4 Å². The Labute approximate surface area is 246 Å². The average Bonchev–Trinajstić information content (AvgIpc) is 3.18. The van der Waals surface area contributed by atoms with E-state index in [0.29, 0.717) is 28.9 Å². The van der Waals surface area contributed by atoms with Crippen LogP contribution in [-0.4, -0.2) is 22.5 Å². The van der Waals surface area contributed by atoms with Crippen LogP contribution in [0.2, 0.25) is 0 Å². The summed E-state index contributed by atoms with van der Waals surface area (Å²) in [5.41, 5.74) is 2.66. The number of amidine groups is 1. The van der Waals surface area contributed by atoms with Crippen LogP contribution >= 0.6 is 56.9 Å². The number of nitrogens with zero attached hydrogens (tertiary/aromatic N) is 2. The monoisotopic (exact) mass is 734 g/mol. The molecule has 0 unspecified atom stereocenters. The van der Waals surface area contributed by atoms with E-state index in [2.05, 4.69) is 80.5 Å². The third-order valence-electron chi connectivity index (χ3n) is 5.83. The number of fused-ring (bicyclic) bond motifs is 1. The molecule has 1 heterocycles. The molecular weight excluding hydrogens is 713 g/mol. The Morgan fingerprint density at radius 3 is 2.43 bits per heavy atom. The molecule has 1 amide bonds. The first-order valence-corrected chi connectivity index (χ1v) is 14.5. The Hall–Kier alpha value is -2.44. The first-order valence-electron chi connectivity index (χ1n) is 11.6. The van der Waals surface area contributed by atoms with Crippen molar-refractivity contribution in [3.8, 4) is 5.75 Å². The number of benzene rings is 4. The normalized spacial score (nSPS) is 15.8. The first-order chi connectivity index (χ1) is 17.9. The number of halogens is 3. The van der Waals surface area contributed by atoms with Crippen LogP contribution in [0.4, 0.5) is 10.1 Å². The summed E-state index contributed by atoms with van der Waals surface area (Å²) >= 11 is 5.89. The average molecular weight is 734 g/mol. The molecule has 5 rings (SSSR count). The van der Waals surface area contributed by atoms with Gasteiger partial charge in [-0.1, -0.05) is 42.5 Å². The van der Waals surface area contributed by atoms with E-state index in [4.69, 9.17) is 4.74 Å². The number of amides is 1. The van der Waals surface area contributed by atoms with E-state index in [1.165, 1.54) is 34.7 Å². The number of ether oxygens (including phenoxy) is 1. The molecule has 0 aromatic heterocycles. The Morgan fingerprint density at radius 2 is 1.70 bits per heavy atom. The molecule has 1 aliphatic rings. The zero-order valence-electron chi connectivity index (χ0n) is 19.8. The number of rotatable bonds is 6. The fraction of sp³-hybridized carbons (Fsp3) is 0.103. The van der Waals surface area contributed by atoms with Crippen LogP contribution in [0.25, 0.3) is 16.8 Å². The zero-order valence-corrected chi connectivity index (χ0v) is 24.9. The number of likely N-dealkylation sites (N-methyl/N-ethyl adjacent to an activating group) is 1. The molecule has 0 atom stereocenters. The molecule has 0 aliphatic carbocycles. The molecule has 4 aromatic rings. The molecule has 0 radical (unpaired) electrons. The van der Waals surface area contributed by atoms with Gasteiger partial charge >= 0.3 is 0 Å². The van der Waals surface area contributed by atoms with Gasteiger partial charge in [-0.15, -0.1) is 0 Å². The molecule has 4 nitrogen and oxygen atoms in total. The lowest BCUT2D eigenvalue weighted by molar-refractivity contribution is -0.122. The van der Waals surface area contributed by atoms with Gasteiger partial charge in [0, 0.05) is 6.54 Å². The second kappa shape index (κ2) is 11.5. The predicted octanol–water partition coefficient (Wildman–Crippen LogP) is 8.39. The molecule has 0 N–H and O–H groups in total. The maximum Gasteiger partial charge on any atom is 0.266 e. The minimum Gasteiger partial charge on any atom is -0.487 e. The summed E-state index contributed by atoms with van der Waals surface area (Å²) in [5.74, 6) is 0.422. The van der Waals surface area contributed by atoms with Crippen molar-refractivity contribution in [2.75, 3.05) is 6.54 Å². The number of thioether (sulfide) groups is 1. The summed E-state index contributed by atoms with van der Waals surface area (Å²) in [4.78, 5) is 19.9. The quantitative estimate of drug-likeness (QED) is 0.148. The molecule has 4 aromatic carbocycles. The van der Waals surface area contributed by atoms with Crippen molar-refractivity contribution in [1.82, 2.24) is 4.90 Å². The van der Waals surface area contributed by atoms with Gasteiger partial charge in [-0.3, -0.25) is 9.69 Å². The SMILES string of the molecule is CCN1C(=O)/C(=C\c2cc(I)c(OCc3cccc4ccccc34)c(I)c2)SC1=Nc1ccc(F)cc1. The molecule has 1 fully saturated rings. The molecule has 0 bridgehead atoms. The maximum absolute atomic E-state index is 13.3. The van der Waals surface area contributed by atoms with Crippen LogP contribution in [0, 0.1) is 13.0 Å². The van der Waals surface area contributed by atoms with E-state index >= 15 is 0 Å². The Morgan fingerprint density at radius 1 is 1.00 bits per heavy atom. The third kappa shape index (κ3) is 5.85. The van der Waals surface area contributed by atoms with E-state index in [0.717, 1.165) is 24.0 Å². The predicted molar refractivity (Wildman–Crippen MR) is 167 cm³/mol. The summed E-state index contributed by atoms with van der Waals surface area (Å²) in [6.45, 7) is 2.88. The number of carbonyl (C=O) groups is 1. The highest BCUT2D eigenvalue weighted by molar-refractivity contribution is 14.1. The van der Waals surface area contributed by atoms with Crippen LogP contribution in [0.15, 0.2) is 88.8 Å². The molecule has 0 spiro atoms. The smallest absolute Gasteiger partial charge is 0.266 e. The summed E-state index contributed by atoms with van der Waals surface area (Å²) in [6.07, 6.45) is 1.89. The first kappa shape index (κ1) is 26.2. The Bertz CT molecular complexity index is 1530. The minimum atomic E-state index is -0.319. The highest BCUT2D eigenvalue weighted by Crippen LogP contribution is 2.36. The van der Waals surface area contributed by atoms with Crippen molar-refractivity contribution in [3.05, 3.63) is 108 Å². The van der Waals surface area contributed by atoms with Crippen molar-refractivity contribution in [3.63, 3.8) is 0 Å². The molecule has 0 saturated carbocycles. The summed E-state index contributed by atoms with van der Waals surface area (Å²) < 4.78 is 21.5. The lowest BCUT2D eigenvalue weighted by Gasteiger charge is -2.13. The zero-order chi connectivity index (χ0) is 25.9. The maximum atomic E-state index is 13.3. The van der Waals surface area contributed by atoms with Gasteiger partial charge in [-0.05, 0) is 128 Å². The Balaban J connectivity index is 1.37. The van der Waals surface area contributed by atoms with Gasteiger partial charge in [0.25, 0.3) is 5.91 Å². The summed E-state index contributed by atoms with van der Waals surface area (Å²) in [6, 6.07) is 24.5. The molecule has 1 aliphatic heterocycles. The third-order valence-corrected chi connectivity index (χ3v) is 8.44. The van der Waals surface area contributed by atoms with E-state index in [1.54, 1.807) is 17.0 Å². The largest absolute Gasteiger partial charge is 0.487 e. The highest BCUT2D eigenvalue weighted by Gasteiger charge is 2.32. The van der Waals surface area contributed by atoms with E-state index < -0.39 is 0 Å². The van der Waals surface area contributed by atoms with E-state index in [1.807, 2.05) is 37.3 Å². The van der Waals surface area contributed by atoms with Crippen molar-refractivity contribution >= 4 is 90.6 Å². The standard InChI is InChI=1S/C29H21FI2N2O2S/c1-2-34-28(35)26(37-29(34)33-22-12-10-21(30)11-13-22)16-18-14-24(31)27(25(32)15-18)36-17-20-8-5-7-19-6-3-4-9-23(19)20/h3-16H,2,17H2,1H3/b26-16+,33-29?.